The highest BCUT2D eigenvalue weighted by Crippen LogP contribution is 2.26. The van der Waals surface area contributed by atoms with E-state index in [9.17, 15) is 0 Å². The van der Waals surface area contributed by atoms with Crippen LogP contribution in [0.2, 0.25) is 0 Å². The second-order valence-corrected chi connectivity index (χ2v) is 4.44. The van der Waals surface area contributed by atoms with Gasteiger partial charge in [0.15, 0.2) is 0 Å². The molecule has 1 N–H and O–H groups in total. The number of nitrogens with zero attached hydrogens (tertiary/aromatic N) is 1. The monoisotopic (exact) mass is 182 g/mol. The van der Waals surface area contributed by atoms with E-state index in [4.69, 9.17) is 0 Å². The maximum Gasteiger partial charge on any atom is 0.00963 e. The van der Waals surface area contributed by atoms with E-state index in [2.05, 4.69) is 17.1 Å². The molecule has 0 aliphatic heterocycles. The lowest BCUT2D eigenvalue weighted by molar-refractivity contribution is 0.273. The molecule has 76 valence electrons. The Morgan fingerprint density at radius 3 is 2.54 bits per heavy atom. The van der Waals surface area contributed by atoms with E-state index in [0.29, 0.717) is 0 Å². The van der Waals surface area contributed by atoms with Crippen molar-refractivity contribution in [3.8, 4) is 0 Å². The predicted molar refractivity (Wildman–Crippen MR) is 55.9 cm³/mol. The van der Waals surface area contributed by atoms with E-state index in [-0.39, 0.29) is 0 Å². The van der Waals surface area contributed by atoms with Crippen molar-refractivity contribution in [2.45, 2.75) is 51.1 Å². The minimum atomic E-state index is 0.885. The fourth-order valence-corrected chi connectivity index (χ4v) is 1.91. The second-order valence-electron chi connectivity index (χ2n) is 4.44. The molecule has 13 heavy (non-hydrogen) atoms. The lowest BCUT2D eigenvalue weighted by Gasteiger charge is -2.19. The Hall–Kier alpha value is -0.0800. The summed E-state index contributed by atoms with van der Waals surface area (Å²) in [6.07, 6.45) is 7.06. The third kappa shape index (κ3) is 3.28. The average molecular weight is 182 g/mol. The molecule has 0 bridgehead atoms. The van der Waals surface area contributed by atoms with Crippen LogP contribution in [0.15, 0.2) is 0 Å². The predicted octanol–water partition coefficient (Wildman–Crippen LogP) is 1.61. The van der Waals surface area contributed by atoms with Gasteiger partial charge in [-0.25, -0.2) is 0 Å². The van der Waals surface area contributed by atoms with Gasteiger partial charge in [-0.3, -0.25) is 0 Å². The van der Waals surface area contributed by atoms with Crippen LogP contribution in [-0.2, 0) is 0 Å². The van der Waals surface area contributed by atoms with Crippen molar-refractivity contribution in [3.63, 3.8) is 0 Å². The van der Waals surface area contributed by atoms with Crippen LogP contribution in [0.25, 0.3) is 0 Å². The molecule has 0 heterocycles. The van der Waals surface area contributed by atoms with Crippen molar-refractivity contribution in [3.05, 3.63) is 0 Å². The van der Waals surface area contributed by atoms with Gasteiger partial charge < -0.3 is 10.2 Å². The molecule has 0 atom stereocenters. The summed E-state index contributed by atoms with van der Waals surface area (Å²) in [5, 5.41) is 3.57. The van der Waals surface area contributed by atoms with E-state index in [0.717, 1.165) is 12.1 Å². The third-order valence-electron chi connectivity index (χ3n) is 3.10. The number of rotatable bonds is 7. The summed E-state index contributed by atoms with van der Waals surface area (Å²) >= 11 is 0. The van der Waals surface area contributed by atoms with Gasteiger partial charge in [0.05, 0.1) is 0 Å². The van der Waals surface area contributed by atoms with Crippen LogP contribution < -0.4 is 5.32 Å². The van der Waals surface area contributed by atoms with E-state index in [1.165, 1.54) is 51.7 Å². The first-order valence-electron chi connectivity index (χ1n) is 5.87. The topological polar surface area (TPSA) is 15.3 Å². The highest BCUT2D eigenvalue weighted by atomic mass is 15.2. The molecule has 0 aromatic carbocycles. The van der Waals surface area contributed by atoms with Gasteiger partial charge in [-0.05, 0) is 51.7 Å². The quantitative estimate of drug-likeness (QED) is 0.602. The molecule has 2 aliphatic rings. The molecule has 2 heteroatoms. The van der Waals surface area contributed by atoms with Gasteiger partial charge in [-0.2, -0.15) is 0 Å². The van der Waals surface area contributed by atoms with Crippen LogP contribution in [0.4, 0.5) is 0 Å². The number of hydrogen-bond acceptors (Lipinski definition) is 2. The average Bonchev–Trinajstić information content (AvgIpc) is 2.99. The summed E-state index contributed by atoms with van der Waals surface area (Å²) in [5.74, 6) is 0. The van der Waals surface area contributed by atoms with Crippen molar-refractivity contribution >= 4 is 0 Å². The fraction of sp³-hybridized carbons (Fsp3) is 1.00. The zero-order valence-corrected chi connectivity index (χ0v) is 8.76. The summed E-state index contributed by atoms with van der Waals surface area (Å²) < 4.78 is 0. The molecule has 2 aliphatic carbocycles. The van der Waals surface area contributed by atoms with Crippen LogP contribution in [-0.4, -0.2) is 36.6 Å². The zero-order valence-electron chi connectivity index (χ0n) is 8.76. The molecule has 2 saturated carbocycles. The molecule has 0 amide bonds. The molecular weight excluding hydrogens is 160 g/mol. The number of hydrogen-bond donors (Lipinski definition) is 1. The molecule has 0 aromatic heterocycles. The maximum absolute atomic E-state index is 3.57. The lowest BCUT2D eigenvalue weighted by Crippen LogP contribution is -2.29. The first-order chi connectivity index (χ1) is 6.40. The first kappa shape index (κ1) is 9.47. The van der Waals surface area contributed by atoms with Crippen molar-refractivity contribution in [2.75, 3.05) is 19.6 Å². The van der Waals surface area contributed by atoms with Gasteiger partial charge in [-0.15, -0.1) is 0 Å². The highest BCUT2D eigenvalue weighted by molar-refractivity contribution is 4.84. The Labute approximate surface area is 81.7 Å². The van der Waals surface area contributed by atoms with Crippen molar-refractivity contribution < 1.29 is 0 Å². The normalized spacial score (nSPS) is 22.6. The molecule has 0 spiro atoms. The van der Waals surface area contributed by atoms with Gasteiger partial charge in [0, 0.05) is 12.1 Å². The molecule has 0 saturated heterocycles. The fourth-order valence-electron chi connectivity index (χ4n) is 1.91. The smallest absolute Gasteiger partial charge is 0.00963 e. The molecule has 2 rings (SSSR count). The van der Waals surface area contributed by atoms with Crippen LogP contribution in [0.5, 0.6) is 0 Å². The molecule has 0 radical (unpaired) electrons. The van der Waals surface area contributed by atoms with E-state index >= 15 is 0 Å². The summed E-state index contributed by atoms with van der Waals surface area (Å²) in [5.41, 5.74) is 0. The molecular formula is C11H22N2. The maximum atomic E-state index is 3.57. The second kappa shape index (κ2) is 4.43. The van der Waals surface area contributed by atoms with Crippen LogP contribution >= 0.6 is 0 Å². The largest absolute Gasteiger partial charge is 0.314 e. The van der Waals surface area contributed by atoms with E-state index in [1.54, 1.807) is 0 Å². The van der Waals surface area contributed by atoms with Crippen molar-refractivity contribution in [1.29, 1.82) is 0 Å². The van der Waals surface area contributed by atoms with Gasteiger partial charge >= 0.3 is 0 Å². The first-order valence-corrected chi connectivity index (χ1v) is 5.87. The summed E-state index contributed by atoms with van der Waals surface area (Å²) in [6, 6.07) is 1.84. The third-order valence-corrected chi connectivity index (χ3v) is 3.10. The van der Waals surface area contributed by atoms with Gasteiger partial charge in [-0.1, -0.05) is 6.92 Å². The molecule has 0 unspecified atom stereocenters. The minimum absolute atomic E-state index is 0.885. The SMILES string of the molecule is CCN(CCCNC1CC1)C1CC1. The summed E-state index contributed by atoms with van der Waals surface area (Å²) in [4.78, 5) is 2.63. The Kier molecular flexibility index (Phi) is 3.23. The molecule has 0 aromatic rings. The Morgan fingerprint density at radius 2 is 2.00 bits per heavy atom. The van der Waals surface area contributed by atoms with Gasteiger partial charge in [0.2, 0.25) is 0 Å². The Bertz CT molecular complexity index is 150. The summed E-state index contributed by atoms with van der Waals surface area (Å²) in [7, 11) is 0. The number of nitrogens with one attached hydrogen (secondary N) is 1. The standard InChI is InChI=1S/C11H22N2/c1-2-13(11-6-7-11)9-3-8-12-10-4-5-10/h10-12H,2-9H2,1H3. The van der Waals surface area contributed by atoms with Crippen LogP contribution in [0.1, 0.15) is 39.0 Å². The van der Waals surface area contributed by atoms with E-state index in [1.807, 2.05) is 0 Å². The lowest BCUT2D eigenvalue weighted by atomic mass is 10.3. The van der Waals surface area contributed by atoms with Gasteiger partial charge in [0.1, 0.15) is 0 Å². The minimum Gasteiger partial charge on any atom is -0.314 e. The molecule has 2 fully saturated rings. The van der Waals surface area contributed by atoms with Crippen LogP contribution in [0.3, 0.4) is 0 Å². The Morgan fingerprint density at radius 1 is 1.23 bits per heavy atom. The molecule has 2 nitrogen and oxygen atoms in total. The van der Waals surface area contributed by atoms with Crippen molar-refractivity contribution in [2.24, 2.45) is 0 Å². The summed E-state index contributed by atoms with van der Waals surface area (Å²) in [6.45, 7) is 6.06. The van der Waals surface area contributed by atoms with E-state index < -0.39 is 0 Å². The van der Waals surface area contributed by atoms with Gasteiger partial charge in [0.25, 0.3) is 0 Å². The Balaban J connectivity index is 1.49. The van der Waals surface area contributed by atoms with Crippen molar-refractivity contribution in [1.82, 2.24) is 10.2 Å². The highest BCUT2D eigenvalue weighted by Gasteiger charge is 2.27. The zero-order chi connectivity index (χ0) is 9.10. The van der Waals surface area contributed by atoms with Crippen LogP contribution in [0, 0.1) is 0 Å².